The molecule has 1 aliphatic rings. The first-order chi connectivity index (χ1) is 14.1. The van der Waals surface area contributed by atoms with Gasteiger partial charge in [0.1, 0.15) is 18.1 Å². The molecule has 1 aliphatic heterocycles. The fraction of sp³-hybridized carbons (Fsp3) is 0.700. The maximum atomic E-state index is 12.9. The number of nitrogens with two attached hydrogens (primary N) is 1. The number of amides is 4. The van der Waals surface area contributed by atoms with Gasteiger partial charge >= 0.3 is 0 Å². The topological polar surface area (TPSA) is 172 Å². The molecule has 1 rings (SSSR count). The summed E-state index contributed by atoms with van der Waals surface area (Å²) in [5.41, 5.74) is 7.90. The number of hydrogen-bond donors (Lipinski definition) is 5. The lowest BCUT2D eigenvalue weighted by molar-refractivity contribution is -0.139. The lowest BCUT2D eigenvalue weighted by Gasteiger charge is -2.32. The third-order valence-corrected chi connectivity index (χ3v) is 4.88. The molecule has 0 bridgehead atoms. The van der Waals surface area contributed by atoms with Crippen LogP contribution in [0.2, 0.25) is 0 Å². The third-order valence-electron chi connectivity index (χ3n) is 4.88. The Morgan fingerprint density at radius 2 is 1.61 bits per heavy atom. The Kier molecular flexibility index (Phi) is 8.71. The van der Waals surface area contributed by atoms with Crippen molar-refractivity contribution in [1.29, 1.82) is 0 Å². The van der Waals surface area contributed by atoms with Crippen molar-refractivity contribution in [3.63, 3.8) is 0 Å². The number of carbonyl (C=O) groups excluding carboxylic acids is 5. The molecule has 0 fully saturated rings. The van der Waals surface area contributed by atoms with Crippen LogP contribution in [0, 0.1) is 11.3 Å². The van der Waals surface area contributed by atoms with Gasteiger partial charge in [-0.3, -0.25) is 29.4 Å². The lowest BCUT2D eigenvalue weighted by Crippen LogP contribution is -2.60. The molecule has 31 heavy (non-hydrogen) atoms. The molecule has 1 heterocycles. The van der Waals surface area contributed by atoms with Crippen molar-refractivity contribution in [2.75, 3.05) is 0 Å². The summed E-state index contributed by atoms with van der Waals surface area (Å²) in [7, 11) is 0. The number of hydrazone groups is 1. The van der Waals surface area contributed by atoms with Crippen molar-refractivity contribution < 1.29 is 24.0 Å². The summed E-state index contributed by atoms with van der Waals surface area (Å²) in [5.74, 6) is -4.02. The van der Waals surface area contributed by atoms with E-state index in [-0.39, 0.29) is 11.8 Å². The summed E-state index contributed by atoms with van der Waals surface area (Å²) in [6, 6.07) is -3.61. The second kappa shape index (κ2) is 10.4. The van der Waals surface area contributed by atoms with Crippen LogP contribution >= 0.6 is 0 Å². The Morgan fingerprint density at radius 1 is 1.03 bits per heavy atom. The molecule has 6 N–H and O–H groups in total. The molecule has 0 aliphatic carbocycles. The summed E-state index contributed by atoms with van der Waals surface area (Å²) in [4.78, 5) is 61.1. The normalized spacial score (nSPS) is 18.8. The van der Waals surface area contributed by atoms with E-state index in [1.54, 1.807) is 41.5 Å². The Balaban J connectivity index is 2.83. The van der Waals surface area contributed by atoms with Crippen molar-refractivity contribution in [3.8, 4) is 0 Å². The molecule has 11 heteroatoms. The number of nitrogens with one attached hydrogen (secondary N) is 4. The molecule has 1 unspecified atom stereocenters. The van der Waals surface area contributed by atoms with Gasteiger partial charge in [0.25, 0.3) is 5.91 Å². The van der Waals surface area contributed by atoms with E-state index >= 15 is 0 Å². The van der Waals surface area contributed by atoms with Crippen LogP contribution in [0.1, 0.15) is 54.9 Å². The number of hydrogen-bond acceptors (Lipinski definition) is 7. The average Bonchev–Trinajstić information content (AvgIpc) is 3.08. The van der Waals surface area contributed by atoms with E-state index < -0.39 is 53.1 Å². The zero-order valence-corrected chi connectivity index (χ0v) is 19.2. The van der Waals surface area contributed by atoms with Crippen LogP contribution in [0.15, 0.2) is 5.10 Å². The zero-order chi connectivity index (χ0) is 24.1. The predicted octanol–water partition coefficient (Wildman–Crippen LogP) is -1.04. The molecule has 0 aromatic rings. The maximum absolute atomic E-state index is 12.9. The van der Waals surface area contributed by atoms with E-state index in [9.17, 15) is 24.0 Å². The molecule has 0 aromatic heterocycles. The highest BCUT2D eigenvalue weighted by molar-refractivity contribution is 6.38. The first-order valence-corrected chi connectivity index (χ1v) is 10.2. The molecular formula is C20H34N6O5. The van der Waals surface area contributed by atoms with Gasteiger partial charge in [-0.15, -0.1) is 0 Å². The van der Waals surface area contributed by atoms with Crippen LogP contribution in [0.25, 0.3) is 0 Å². The van der Waals surface area contributed by atoms with Crippen molar-refractivity contribution >= 4 is 35.1 Å². The van der Waals surface area contributed by atoms with E-state index in [4.69, 9.17) is 5.73 Å². The van der Waals surface area contributed by atoms with Crippen LogP contribution in [-0.2, 0) is 24.0 Å². The second-order valence-electron chi connectivity index (χ2n) is 9.23. The smallest absolute Gasteiger partial charge is 0.287 e. The van der Waals surface area contributed by atoms with Crippen LogP contribution in [0.3, 0.4) is 0 Å². The number of ketones is 1. The van der Waals surface area contributed by atoms with Gasteiger partial charge in [0.15, 0.2) is 0 Å². The predicted molar refractivity (Wildman–Crippen MR) is 115 cm³/mol. The highest BCUT2D eigenvalue weighted by Gasteiger charge is 2.37. The molecule has 0 spiro atoms. The minimum Gasteiger partial charge on any atom is -0.363 e. The summed E-state index contributed by atoms with van der Waals surface area (Å²) in [6.45, 7) is 11.9. The molecular weight excluding hydrogens is 404 g/mol. The van der Waals surface area contributed by atoms with E-state index in [0.29, 0.717) is 6.42 Å². The molecule has 0 saturated heterocycles. The summed E-state index contributed by atoms with van der Waals surface area (Å²) in [5, 5.41) is 11.7. The minimum atomic E-state index is -1.15. The van der Waals surface area contributed by atoms with Gasteiger partial charge in [-0.2, -0.15) is 5.10 Å². The Hall–Kier alpha value is -2.98. The highest BCUT2D eigenvalue weighted by atomic mass is 16.2. The molecule has 11 nitrogen and oxygen atoms in total. The zero-order valence-electron chi connectivity index (χ0n) is 19.2. The standard InChI is InChI=1S/C20H34N6O5/c1-9(2)13(14(27)16(21)28)23-17(29)11(4)22-19(31)15(20(5,6)7)24-18(30)12-8-10(3)25-26-12/h9,11-13,15,26H,8H2,1-7H3,(H2,21,28)(H,22,31)(H,23,29)(H,24,30)/t11-,12?,13-,15+/m0/s1. The van der Waals surface area contributed by atoms with Crippen molar-refractivity contribution in [1.82, 2.24) is 21.4 Å². The molecule has 0 radical (unpaired) electrons. The van der Waals surface area contributed by atoms with Gasteiger partial charge in [0.2, 0.25) is 23.5 Å². The number of primary amides is 1. The molecule has 4 atom stereocenters. The van der Waals surface area contributed by atoms with Gasteiger partial charge in [0.05, 0.1) is 6.04 Å². The summed E-state index contributed by atoms with van der Waals surface area (Å²) < 4.78 is 0. The summed E-state index contributed by atoms with van der Waals surface area (Å²) >= 11 is 0. The van der Waals surface area contributed by atoms with Crippen molar-refractivity contribution in [2.45, 2.75) is 79.1 Å². The Labute approximate surface area is 182 Å². The quantitative estimate of drug-likeness (QED) is 0.288. The van der Waals surface area contributed by atoms with E-state index in [2.05, 4.69) is 26.5 Å². The second-order valence-corrected chi connectivity index (χ2v) is 9.23. The minimum absolute atomic E-state index is 0.375. The molecule has 4 amide bonds. The van der Waals surface area contributed by atoms with E-state index in [0.717, 1.165) is 5.71 Å². The van der Waals surface area contributed by atoms with Crippen molar-refractivity contribution in [3.05, 3.63) is 0 Å². The van der Waals surface area contributed by atoms with Gasteiger partial charge < -0.3 is 21.7 Å². The largest absolute Gasteiger partial charge is 0.363 e. The fourth-order valence-electron chi connectivity index (χ4n) is 2.97. The lowest BCUT2D eigenvalue weighted by atomic mass is 9.85. The SMILES string of the molecule is CC1=NNC(C(=O)N[C@H](C(=O)N[C@@H](C)C(=O)N[C@H](C(=O)C(N)=O)C(C)C)C(C)(C)C)C1. The van der Waals surface area contributed by atoms with Crippen LogP contribution in [0.5, 0.6) is 0 Å². The van der Waals surface area contributed by atoms with E-state index in [1.807, 2.05) is 0 Å². The Morgan fingerprint density at radius 3 is 2.03 bits per heavy atom. The monoisotopic (exact) mass is 438 g/mol. The highest BCUT2D eigenvalue weighted by Crippen LogP contribution is 2.20. The van der Waals surface area contributed by atoms with Gasteiger partial charge in [-0.1, -0.05) is 34.6 Å². The molecule has 0 saturated carbocycles. The first-order valence-electron chi connectivity index (χ1n) is 10.2. The number of rotatable bonds is 9. The Bertz CT molecular complexity index is 771. The molecule has 0 aromatic carbocycles. The van der Waals surface area contributed by atoms with Crippen molar-refractivity contribution in [2.24, 2.45) is 22.2 Å². The van der Waals surface area contributed by atoms with E-state index in [1.165, 1.54) is 6.92 Å². The maximum Gasteiger partial charge on any atom is 0.287 e. The molecule has 174 valence electrons. The van der Waals surface area contributed by atoms with Gasteiger partial charge in [-0.25, -0.2) is 0 Å². The van der Waals surface area contributed by atoms with Crippen LogP contribution in [-0.4, -0.2) is 59.3 Å². The number of carbonyl (C=O) groups is 5. The van der Waals surface area contributed by atoms with Crippen LogP contribution < -0.4 is 27.1 Å². The third kappa shape index (κ3) is 7.34. The van der Waals surface area contributed by atoms with Crippen LogP contribution in [0.4, 0.5) is 0 Å². The fourth-order valence-corrected chi connectivity index (χ4v) is 2.97. The number of Topliss-reactive ketones (excluding diaryl/α,β-unsaturated/α-hetero) is 1. The summed E-state index contributed by atoms with van der Waals surface area (Å²) in [6.07, 6.45) is 0.438. The average molecular weight is 439 g/mol. The van der Waals surface area contributed by atoms with Gasteiger partial charge in [0, 0.05) is 12.1 Å². The number of nitrogens with zero attached hydrogens (tertiary/aromatic N) is 1. The first kappa shape index (κ1) is 26.1. The van der Waals surface area contributed by atoms with Gasteiger partial charge in [-0.05, 0) is 25.2 Å².